The van der Waals surface area contributed by atoms with Gasteiger partial charge in [-0.05, 0) is 100 Å². The quantitative estimate of drug-likeness (QED) is 0.770. The van der Waals surface area contributed by atoms with E-state index in [2.05, 4.69) is 13.0 Å². The Labute approximate surface area is 152 Å². The number of carbonyl (C=O) groups excluding carboxylic acids is 1. The summed E-state index contributed by atoms with van der Waals surface area (Å²) < 4.78 is 0. The summed E-state index contributed by atoms with van der Waals surface area (Å²) >= 11 is 0. The van der Waals surface area contributed by atoms with Crippen LogP contribution < -0.4 is 0 Å². The fourth-order valence-corrected chi connectivity index (χ4v) is 8.00. The van der Waals surface area contributed by atoms with Crippen molar-refractivity contribution in [2.24, 2.45) is 46.8 Å². The van der Waals surface area contributed by atoms with E-state index in [1.54, 1.807) is 6.92 Å². The average Bonchev–Trinajstić information content (AvgIpc) is 2.86. The molecule has 0 bridgehead atoms. The number of fused-ring (bicyclic) bond motifs is 5. The van der Waals surface area contributed by atoms with Gasteiger partial charge in [0.15, 0.2) is 0 Å². The van der Waals surface area contributed by atoms with Crippen LogP contribution in [0.2, 0.25) is 0 Å². The van der Waals surface area contributed by atoms with Crippen molar-refractivity contribution in [1.82, 2.24) is 0 Å². The Bertz CT molecular complexity index is 606. The first kappa shape index (κ1) is 17.5. The average molecular weight is 344 g/mol. The molecule has 4 rings (SSSR count). The van der Waals surface area contributed by atoms with Gasteiger partial charge in [-0.2, -0.15) is 5.26 Å². The van der Waals surface area contributed by atoms with Crippen molar-refractivity contribution in [3.8, 4) is 6.07 Å². The van der Waals surface area contributed by atoms with E-state index >= 15 is 0 Å². The Morgan fingerprint density at radius 2 is 1.80 bits per heavy atom. The van der Waals surface area contributed by atoms with Gasteiger partial charge in [0.25, 0.3) is 0 Å². The van der Waals surface area contributed by atoms with Crippen molar-refractivity contribution in [2.45, 2.75) is 77.7 Å². The standard InChI is InChI=1S/C22H33NO2/c1-13(24)20-15(12-23)10-19-18-5-4-14-11-21(2,25)8-6-16(14)17(18)7-9-22(19,20)3/h14-20,25H,4-11H2,1-3H3/t14-,15+,16+,17-,18-,19+,20+,21-,22+/m1/s1. The van der Waals surface area contributed by atoms with Crippen molar-refractivity contribution >= 4 is 5.78 Å². The third-order valence-corrected chi connectivity index (χ3v) is 8.90. The normalized spacial score (nSPS) is 54.8. The predicted molar refractivity (Wildman–Crippen MR) is 96.4 cm³/mol. The maximum atomic E-state index is 12.4. The van der Waals surface area contributed by atoms with Crippen LogP contribution in [0.3, 0.4) is 0 Å². The number of ketones is 1. The van der Waals surface area contributed by atoms with E-state index in [1.165, 1.54) is 25.7 Å². The number of carbonyl (C=O) groups is 1. The minimum atomic E-state index is -0.462. The molecular formula is C22H33NO2. The number of hydrogen-bond donors (Lipinski definition) is 1. The second kappa shape index (κ2) is 5.81. The molecule has 1 N–H and O–H groups in total. The van der Waals surface area contributed by atoms with Gasteiger partial charge in [0.1, 0.15) is 5.78 Å². The molecule has 138 valence electrons. The molecule has 25 heavy (non-hydrogen) atoms. The maximum Gasteiger partial charge on any atom is 0.134 e. The molecule has 0 amide bonds. The molecule has 0 aromatic heterocycles. The molecule has 0 heterocycles. The predicted octanol–water partition coefficient (Wildman–Crippen LogP) is 4.34. The van der Waals surface area contributed by atoms with Gasteiger partial charge in [0.2, 0.25) is 0 Å². The summed E-state index contributed by atoms with van der Waals surface area (Å²) in [5, 5.41) is 20.1. The Hall–Kier alpha value is -0.880. The van der Waals surface area contributed by atoms with Crippen molar-refractivity contribution in [1.29, 1.82) is 5.26 Å². The summed E-state index contributed by atoms with van der Waals surface area (Å²) in [5.41, 5.74) is -0.420. The lowest BCUT2D eigenvalue weighted by molar-refractivity contribution is -0.131. The summed E-state index contributed by atoms with van der Waals surface area (Å²) in [6.45, 7) is 6.03. The number of nitriles is 1. The van der Waals surface area contributed by atoms with Gasteiger partial charge in [-0.3, -0.25) is 4.79 Å². The summed E-state index contributed by atoms with van der Waals surface area (Å²) in [6.07, 6.45) is 8.83. The van der Waals surface area contributed by atoms with E-state index in [0.29, 0.717) is 17.8 Å². The SMILES string of the molecule is CC(=O)[C@H]1[C@H](C#N)C[C@H]2[C@@H]3CC[C@@H]4C[C@](C)(O)CC[C@@H]4[C@H]3CC[C@@]21C. The number of hydrogen-bond acceptors (Lipinski definition) is 3. The zero-order chi connectivity index (χ0) is 18.0. The zero-order valence-electron chi connectivity index (χ0n) is 16.0. The zero-order valence-corrected chi connectivity index (χ0v) is 16.0. The first-order chi connectivity index (χ1) is 11.8. The van der Waals surface area contributed by atoms with Gasteiger partial charge < -0.3 is 5.11 Å². The van der Waals surface area contributed by atoms with Crippen molar-refractivity contribution in [3.05, 3.63) is 0 Å². The van der Waals surface area contributed by atoms with Gasteiger partial charge in [0, 0.05) is 5.92 Å². The summed E-state index contributed by atoms with van der Waals surface area (Å²) in [6, 6.07) is 2.49. The van der Waals surface area contributed by atoms with Crippen LogP contribution in [0.15, 0.2) is 0 Å². The second-order valence-electron chi connectivity index (χ2n) is 10.3. The van der Waals surface area contributed by atoms with E-state index in [1.807, 2.05) is 6.92 Å². The molecule has 9 atom stereocenters. The molecule has 0 saturated heterocycles. The van der Waals surface area contributed by atoms with Gasteiger partial charge in [-0.25, -0.2) is 0 Å². The number of aliphatic hydroxyl groups is 1. The van der Waals surface area contributed by atoms with Gasteiger partial charge >= 0.3 is 0 Å². The summed E-state index contributed by atoms with van der Waals surface area (Å²) in [5.74, 6) is 3.57. The molecule has 4 fully saturated rings. The fraction of sp³-hybridized carbons (Fsp3) is 0.909. The molecule has 0 unspecified atom stereocenters. The van der Waals surface area contributed by atoms with Crippen LogP contribution >= 0.6 is 0 Å². The van der Waals surface area contributed by atoms with Crippen molar-refractivity contribution < 1.29 is 9.90 Å². The minimum Gasteiger partial charge on any atom is -0.390 e. The lowest BCUT2D eigenvalue weighted by Crippen LogP contribution is -2.51. The molecule has 3 nitrogen and oxygen atoms in total. The fourth-order valence-electron chi connectivity index (χ4n) is 8.00. The molecule has 4 aliphatic carbocycles. The minimum absolute atomic E-state index is 0.0421. The van der Waals surface area contributed by atoms with Crippen LogP contribution in [0.4, 0.5) is 0 Å². The molecule has 0 aromatic carbocycles. The second-order valence-corrected chi connectivity index (χ2v) is 10.3. The molecule has 0 radical (unpaired) electrons. The van der Waals surface area contributed by atoms with E-state index in [9.17, 15) is 15.2 Å². The molecule has 0 aliphatic heterocycles. The van der Waals surface area contributed by atoms with E-state index in [4.69, 9.17) is 0 Å². The Kier molecular flexibility index (Phi) is 4.07. The van der Waals surface area contributed by atoms with E-state index in [0.717, 1.165) is 37.5 Å². The maximum absolute atomic E-state index is 12.4. The molecule has 4 aliphatic rings. The monoisotopic (exact) mass is 343 g/mol. The molecule has 0 spiro atoms. The summed E-state index contributed by atoms with van der Waals surface area (Å²) in [4.78, 5) is 12.4. The van der Waals surface area contributed by atoms with Crippen LogP contribution in [-0.4, -0.2) is 16.5 Å². The first-order valence-corrected chi connectivity index (χ1v) is 10.4. The molecular weight excluding hydrogens is 310 g/mol. The van der Waals surface area contributed by atoms with Gasteiger partial charge in [0.05, 0.1) is 17.6 Å². The van der Waals surface area contributed by atoms with Crippen molar-refractivity contribution in [3.63, 3.8) is 0 Å². The topological polar surface area (TPSA) is 61.1 Å². The Morgan fingerprint density at radius 3 is 2.48 bits per heavy atom. The van der Waals surface area contributed by atoms with E-state index in [-0.39, 0.29) is 23.0 Å². The van der Waals surface area contributed by atoms with Crippen LogP contribution in [0.5, 0.6) is 0 Å². The lowest BCUT2D eigenvalue weighted by Gasteiger charge is -2.56. The number of rotatable bonds is 1. The Morgan fingerprint density at radius 1 is 1.08 bits per heavy atom. The highest BCUT2D eigenvalue weighted by Crippen LogP contribution is 2.65. The van der Waals surface area contributed by atoms with Gasteiger partial charge in [-0.1, -0.05) is 6.92 Å². The van der Waals surface area contributed by atoms with Crippen LogP contribution in [0.25, 0.3) is 0 Å². The highest BCUT2D eigenvalue weighted by Gasteiger charge is 2.61. The third kappa shape index (κ3) is 2.59. The smallest absolute Gasteiger partial charge is 0.134 e. The molecule has 3 heteroatoms. The van der Waals surface area contributed by atoms with Crippen LogP contribution in [0, 0.1) is 58.2 Å². The molecule has 0 aromatic rings. The van der Waals surface area contributed by atoms with Crippen LogP contribution in [-0.2, 0) is 4.79 Å². The number of nitrogens with zero attached hydrogens (tertiary/aromatic N) is 1. The van der Waals surface area contributed by atoms with Crippen molar-refractivity contribution in [2.75, 3.05) is 0 Å². The van der Waals surface area contributed by atoms with Crippen LogP contribution in [0.1, 0.15) is 72.1 Å². The molecule has 4 saturated carbocycles. The lowest BCUT2D eigenvalue weighted by atomic mass is 9.49. The van der Waals surface area contributed by atoms with Gasteiger partial charge in [-0.15, -0.1) is 0 Å². The highest BCUT2D eigenvalue weighted by atomic mass is 16.3. The third-order valence-electron chi connectivity index (χ3n) is 8.90. The summed E-state index contributed by atoms with van der Waals surface area (Å²) in [7, 11) is 0. The first-order valence-electron chi connectivity index (χ1n) is 10.4. The number of Topliss-reactive ketones (excluding diaryl/α,β-unsaturated/α-hetero) is 1. The Balaban J connectivity index is 1.60. The highest BCUT2D eigenvalue weighted by molar-refractivity contribution is 5.80. The largest absolute Gasteiger partial charge is 0.390 e. The van der Waals surface area contributed by atoms with E-state index < -0.39 is 5.60 Å².